The maximum Gasteiger partial charge on any atom is 0.267 e. The van der Waals surface area contributed by atoms with Gasteiger partial charge < -0.3 is 13.7 Å². The fraction of sp³-hybridized carbons (Fsp3) is 0.125. The number of nitrogens with zero attached hydrogens (tertiary/aromatic N) is 1. The van der Waals surface area contributed by atoms with Gasteiger partial charge in [-0.15, -0.1) is 0 Å². The van der Waals surface area contributed by atoms with Crippen LogP contribution in [-0.4, -0.2) is 17.2 Å². The molecule has 3 aromatic rings. The van der Waals surface area contributed by atoms with Crippen molar-refractivity contribution >= 4 is 11.8 Å². The Morgan fingerprint density at radius 3 is 2.77 bits per heavy atom. The Morgan fingerprint density at radius 1 is 1.23 bits per heavy atom. The number of furan rings is 1. The molecule has 0 saturated heterocycles. The standard InChI is InChI=1S/C16H14N2O4/c1-11(21-12-6-3-2-4-7-12)16(19)17-15-10-13(18-22-15)14-8-5-9-20-14/h2-11H,1H3,(H,17,19). The number of ether oxygens (including phenoxy) is 1. The molecule has 1 atom stereocenters. The van der Waals surface area contributed by atoms with Crippen LogP contribution in [0.1, 0.15) is 6.92 Å². The number of anilines is 1. The molecule has 6 heteroatoms. The van der Waals surface area contributed by atoms with Crippen molar-refractivity contribution in [1.29, 1.82) is 0 Å². The van der Waals surface area contributed by atoms with E-state index in [-0.39, 0.29) is 11.8 Å². The highest BCUT2D eigenvalue weighted by Crippen LogP contribution is 2.22. The number of amides is 1. The van der Waals surface area contributed by atoms with Gasteiger partial charge in [0.15, 0.2) is 17.6 Å². The Labute approximate surface area is 126 Å². The van der Waals surface area contributed by atoms with Gasteiger partial charge in [-0.25, -0.2) is 0 Å². The van der Waals surface area contributed by atoms with Crippen molar-refractivity contribution in [2.45, 2.75) is 13.0 Å². The molecule has 112 valence electrons. The van der Waals surface area contributed by atoms with Crippen LogP contribution in [0.15, 0.2) is 63.7 Å². The molecule has 0 saturated carbocycles. The monoisotopic (exact) mass is 298 g/mol. The minimum absolute atomic E-state index is 0.236. The fourth-order valence-corrected chi connectivity index (χ4v) is 1.85. The lowest BCUT2D eigenvalue weighted by molar-refractivity contribution is -0.122. The zero-order chi connectivity index (χ0) is 15.4. The second-order valence-electron chi connectivity index (χ2n) is 4.62. The number of para-hydroxylation sites is 1. The SMILES string of the molecule is CC(Oc1ccccc1)C(=O)Nc1cc(-c2ccco2)no1. The van der Waals surface area contributed by atoms with Crippen molar-refractivity contribution in [2.24, 2.45) is 0 Å². The molecule has 0 fully saturated rings. The second-order valence-corrected chi connectivity index (χ2v) is 4.62. The summed E-state index contributed by atoms with van der Waals surface area (Å²) >= 11 is 0. The molecule has 0 aliphatic heterocycles. The van der Waals surface area contributed by atoms with E-state index in [1.807, 2.05) is 18.2 Å². The van der Waals surface area contributed by atoms with E-state index < -0.39 is 6.10 Å². The van der Waals surface area contributed by atoms with Crippen LogP contribution in [0.2, 0.25) is 0 Å². The Kier molecular flexibility index (Phi) is 3.91. The maximum atomic E-state index is 12.1. The van der Waals surface area contributed by atoms with Crippen molar-refractivity contribution in [2.75, 3.05) is 5.32 Å². The lowest BCUT2D eigenvalue weighted by Crippen LogP contribution is -2.29. The topological polar surface area (TPSA) is 77.5 Å². The van der Waals surface area contributed by atoms with Gasteiger partial charge in [-0.05, 0) is 31.2 Å². The Balaban J connectivity index is 1.62. The van der Waals surface area contributed by atoms with E-state index in [4.69, 9.17) is 13.7 Å². The molecule has 1 unspecified atom stereocenters. The quantitative estimate of drug-likeness (QED) is 0.781. The van der Waals surface area contributed by atoms with Crippen LogP contribution in [0.3, 0.4) is 0 Å². The first-order valence-corrected chi connectivity index (χ1v) is 6.75. The van der Waals surface area contributed by atoms with E-state index in [9.17, 15) is 4.79 Å². The molecular formula is C16H14N2O4. The van der Waals surface area contributed by atoms with Gasteiger partial charge in [0.25, 0.3) is 5.91 Å². The third-order valence-electron chi connectivity index (χ3n) is 2.96. The molecule has 0 bridgehead atoms. The van der Waals surface area contributed by atoms with E-state index in [1.165, 1.54) is 6.26 Å². The third-order valence-corrected chi connectivity index (χ3v) is 2.96. The van der Waals surface area contributed by atoms with Gasteiger partial charge in [0.05, 0.1) is 6.26 Å². The Bertz CT molecular complexity index is 735. The normalized spacial score (nSPS) is 11.9. The summed E-state index contributed by atoms with van der Waals surface area (Å²) in [5, 5.41) is 6.44. The maximum absolute atomic E-state index is 12.1. The van der Waals surface area contributed by atoms with Crippen molar-refractivity contribution in [1.82, 2.24) is 5.16 Å². The number of aromatic nitrogens is 1. The lowest BCUT2D eigenvalue weighted by atomic mass is 10.3. The van der Waals surface area contributed by atoms with E-state index in [1.54, 1.807) is 37.3 Å². The highest BCUT2D eigenvalue weighted by atomic mass is 16.5. The summed E-state index contributed by atoms with van der Waals surface area (Å²) in [6.45, 7) is 1.66. The van der Waals surface area contributed by atoms with Crippen LogP contribution in [-0.2, 0) is 4.79 Å². The van der Waals surface area contributed by atoms with Crippen LogP contribution in [0.5, 0.6) is 5.75 Å². The van der Waals surface area contributed by atoms with E-state index >= 15 is 0 Å². The van der Waals surface area contributed by atoms with Gasteiger partial charge in [-0.1, -0.05) is 23.4 Å². The van der Waals surface area contributed by atoms with Crippen molar-refractivity contribution in [3.8, 4) is 17.2 Å². The average molecular weight is 298 g/mol. The molecule has 1 aromatic carbocycles. The molecule has 0 aliphatic rings. The van der Waals surface area contributed by atoms with Crippen LogP contribution in [0.25, 0.3) is 11.5 Å². The van der Waals surface area contributed by atoms with E-state index in [0.29, 0.717) is 17.2 Å². The first kappa shape index (κ1) is 13.9. The summed E-state index contributed by atoms with van der Waals surface area (Å²) in [5.41, 5.74) is 0.511. The fourth-order valence-electron chi connectivity index (χ4n) is 1.85. The minimum Gasteiger partial charge on any atom is -0.481 e. The molecule has 1 N–H and O–H groups in total. The summed E-state index contributed by atoms with van der Waals surface area (Å²) < 4.78 is 15.8. The minimum atomic E-state index is -0.667. The van der Waals surface area contributed by atoms with Gasteiger partial charge in [0.2, 0.25) is 5.88 Å². The Morgan fingerprint density at radius 2 is 2.05 bits per heavy atom. The number of hydrogen-bond acceptors (Lipinski definition) is 5. The molecule has 1 amide bonds. The predicted octanol–water partition coefficient (Wildman–Crippen LogP) is 3.34. The molecular weight excluding hydrogens is 284 g/mol. The Hall–Kier alpha value is -3.02. The number of nitrogens with one attached hydrogen (secondary N) is 1. The summed E-state index contributed by atoms with van der Waals surface area (Å²) in [4.78, 5) is 12.1. The molecule has 0 radical (unpaired) electrons. The summed E-state index contributed by atoms with van der Waals surface area (Å²) in [6.07, 6.45) is 0.873. The van der Waals surface area contributed by atoms with Crippen LogP contribution in [0, 0.1) is 0 Å². The molecule has 2 heterocycles. The summed E-state index contributed by atoms with van der Waals surface area (Å²) in [6, 6.07) is 14.2. The summed E-state index contributed by atoms with van der Waals surface area (Å²) in [5.74, 6) is 1.10. The van der Waals surface area contributed by atoms with Gasteiger partial charge in [-0.3, -0.25) is 10.1 Å². The third kappa shape index (κ3) is 3.17. The zero-order valence-corrected chi connectivity index (χ0v) is 11.9. The summed E-state index contributed by atoms with van der Waals surface area (Å²) in [7, 11) is 0. The van der Waals surface area contributed by atoms with Crippen LogP contribution < -0.4 is 10.1 Å². The number of rotatable bonds is 5. The van der Waals surface area contributed by atoms with Crippen molar-refractivity contribution in [3.05, 3.63) is 54.8 Å². The van der Waals surface area contributed by atoms with Gasteiger partial charge in [0, 0.05) is 6.07 Å². The molecule has 0 aliphatic carbocycles. The zero-order valence-electron chi connectivity index (χ0n) is 11.9. The highest BCUT2D eigenvalue weighted by Gasteiger charge is 2.17. The molecule has 3 rings (SSSR count). The molecule has 0 spiro atoms. The van der Waals surface area contributed by atoms with E-state index in [0.717, 1.165) is 0 Å². The number of hydrogen-bond donors (Lipinski definition) is 1. The molecule has 22 heavy (non-hydrogen) atoms. The highest BCUT2D eigenvalue weighted by molar-refractivity contribution is 5.93. The van der Waals surface area contributed by atoms with Gasteiger partial charge in [0.1, 0.15) is 5.75 Å². The van der Waals surface area contributed by atoms with Crippen molar-refractivity contribution < 1.29 is 18.5 Å². The molecule has 2 aromatic heterocycles. The average Bonchev–Trinajstić information content (AvgIpc) is 3.19. The number of carbonyl (C=O) groups is 1. The second kappa shape index (κ2) is 6.17. The number of carbonyl (C=O) groups excluding carboxylic acids is 1. The van der Waals surface area contributed by atoms with Crippen molar-refractivity contribution in [3.63, 3.8) is 0 Å². The largest absolute Gasteiger partial charge is 0.481 e. The van der Waals surface area contributed by atoms with Gasteiger partial charge >= 0.3 is 0 Å². The smallest absolute Gasteiger partial charge is 0.267 e. The van der Waals surface area contributed by atoms with Crippen LogP contribution >= 0.6 is 0 Å². The molecule has 6 nitrogen and oxygen atoms in total. The van der Waals surface area contributed by atoms with Crippen LogP contribution in [0.4, 0.5) is 5.88 Å². The predicted molar refractivity (Wildman–Crippen MR) is 79.4 cm³/mol. The first-order valence-electron chi connectivity index (χ1n) is 6.75. The van der Waals surface area contributed by atoms with Gasteiger partial charge in [-0.2, -0.15) is 0 Å². The first-order chi connectivity index (χ1) is 10.7. The van der Waals surface area contributed by atoms with E-state index in [2.05, 4.69) is 10.5 Å². The number of benzene rings is 1. The lowest BCUT2D eigenvalue weighted by Gasteiger charge is -2.13.